The number of fused-ring (bicyclic) bond motifs is 1. The smallest absolute Gasteiger partial charge is 0.208 e. The summed E-state index contributed by atoms with van der Waals surface area (Å²) in [6, 6.07) is 12.5. The molecule has 1 N–H and O–H groups in total. The van der Waals surface area contributed by atoms with Crippen LogP contribution >= 0.6 is 0 Å². The Morgan fingerprint density at radius 2 is 1.94 bits per heavy atom. The molecule has 188 valence electrons. The second-order valence-electron chi connectivity index (χ2n) is 10.1. The van der Waals surface area contributed by atoms with Crippen molar-refractivity contribution in [3.63, 3.8) is 0 Å². The number of sulfonamides is 1. The van der Waals surface area contributed by atoms with E-state index in [-0.39, 0.29) is 18.1 Å². The van der Waals surface area contributed by atoms with Gasteiger partial charge >= 0.3 is 0 Å². The highest BCUT2D eigenvalue weighted by molar-refractivity contribution is 7.88. The number of aryl methyl sites for hydroxylation is 1. The molecule has 1 aliphatic heterocycles. The highest BCUT2D eigenvalue weighted by Gasteiger charge is 2.33. The van der Waals surface area contributed by atoms with Crippen LogP contribution in [0.1, 0.15) is 43.6 Å². The Kier molecular flexibility index (Phi) is 7.09. The predicted octanol–water partition coefficient (Wildman–Crippen LogP) is 3.46. The number of nitrogens with zero attached hydrogens (tertiary/aromatic N) is 4. The van der Waals surface area contributed by atoms with Gasteiger partial charge in [-0.15, -0.1) is 0 Å². The van der Waals surface area contributed by atoms with Crippen molar-refractivity contribution in [3.05, 3.63) is 54.4 Å². The van der Waals surface area contributed by atoms with Gasteiger partial charge in [0.2, 0.25) is 10.0 Å². The van der Waals surface area contributed by atoms with Gasteiger partial charge in [0.05, 0.1) is 30.7 Å². The van der Waals surface area contributed by atoms with Crippen LogP contribution < -0.4 is 9.62 Å². The zero-order chi connectivity index (χ0) is 24.4. The Balaban J connectivity index is 1.19. The number of ether oxygens (including phenoxy) is 1. The lowest BCUT2D eigenvalue weighted by molar-refractivity contribution is -0.00213. The summed E-state index contributed by atoms with van der Waals surface area (Å²) in [5.41, 5.74) is 2.57. The minimum absolute atomic E-state index is 0.0745. The van der Waals surface area contributed by atoms with E-state index in [0.29, 0.717) is 12.5 Å². The van der Waals surface area contributed by atoms with Crippen molar-refractivity contribution in [3.8, 4) is 0 Å². The average molecular weight is 498 g/mol. The zero-order valence-corrected chi connectivity index (χ0v) is 21.3. The molecule has 2 fully saturated rings. The Morgan fingerprint density at radius 1 is 1.11 bits per heavy atom. The van der Waals surface area contributed by atoms with Gasteiger partial charge in [-0.1, -0.05) is 18.2 Å². The molecule has 2 aliphatic rings. The van der Waals surface area contributed by atoms with Crippen molar-refractivity contribution >= 4 is 26.7 Å². The quantitative estimate of drug-likeness (QED) is 0.538. The van der Waals surface area contributed by atoms with Crippen LogP contribution in [-0.2, 0) is 21.8 Å². The van der Waals surface area contributed by atoms with Gasteiger partial charge in [0.25, 0.3) is 0 Å². The van der Waals surface area contributed by atoms with E-state index in [1.54, 1.807) is 6.20 Å². The number of nitrogens with one attached hydrogen (secondary N) is 1. The molecule has 2 aromatic heterocycles. The molecule has 0 amide bonds. The number of benzene rings is 1. The van der Waals surface area contributed by atoms with E-state index in [2.05, 4.69) is 37.9 Å². The summed E-state index contributed by atoms with van der Waals surface area (Å²) in [4.78, 5) is 6.72. The second kappa shape index (κ2) is 10.2. The van der Waals surface area contributed by atoms with Gasteiger partial charge < -0.3 is 9.64 Å². The van der Waals surface area contributed by atoms with E-state index < -0.39 is 10.0 Å². The third kappa shape index (κ3) is 5.85. The summed E-state index contributed by atoms with van der Waals surface area (Å²) in [6.45, 7) is 2.05. The Labute approximate surface area is 207 Å². The maximum atomic E-state index is 12.0. The fraction of sp³-hybridized carbons (Fsp3) is 0.538. The fourth-order valence-electron chi connectivity index (χ4n) is 5.62. The molecule has 1 saturated heterocycles. The molecular weight excluding hydrogens is 462 g/mol. The predicted molar refractivity (Wildman–Crippen MR) is 138 cm³/mol. The average Bonchev–Trinajstić information content (AvgIpc) is 3.23. The third-order valence-corrected chi connectivity index (χ3v) is 8.27. The Hall–Kier alpha value is -2.49. The van der Waals surface area contributed by atoms with E-state index >= 15 is 0 Å². The van der Waals surface area contributed by atoms with E-state index in [1.807, 2.05) is 36.1 Å². The molecule has 1 aromatic carbocycles. The van der Waals surface area contributed by atoms with Crippen LogP contribution in [0.3, 0.4) is 0 Å². The van der Waals surface area contributed by atoms with Crippen LogP contribution in [-0.4, -0.2) is 61.3 Å². The van der Waals surface area contributed by atoms with Crippen LogP contribution in [0.15, 0.2) is 48.8 Å². The van der Waals surface area contributed by atoms with Crippen molar-refractivity contribution in [2.24, 2.45) is 13.0 Å². The van der Waals surface area contributed by atoms with Crippen molar-refractivity contribution in [2.75, 3.05) is 30.9 Å². The number of aromatic nitrogens is 3. The first kappa shape index (κ1) is 24.2. The molecule has 1 saturated carbocycles. The minimum Gasteiger partial charge on any atom is -0.378 e. The lowest BCUT2D eigenvalue weighted by Crippen LogP contribution is -2.52. The molecule has 1 aliphatic carbocycles. The van der Waals surface area contributed by atoms with E-state index in [4.69, 9.17) is 4.74 Å². The standard InChI is InChI=1S/C26H35N5O3S/c1-30-25-15-20(6-7-21(25)16-28-30)19-8-10-23(11-9-19)34-18-22-17-31(26-5-3-4-13-27-26)14-12-24(22)29-35(2,32)33/h3-7,13,15-16,19,22-24,29H,8-12,14,17-18H2,1-2H3/t19?,22?,23?,24-/m0/s1. The fourth-order valence-corrected chi connectivity index (χ4v) is 6.48. The van der Waals surface area contributed by atoms with Gasteiger partial charge in [-0.05, 0) is 61.8 Å². The molecule has 3 aromatic rings. The van der Waals surface area contributed by atoms with Gasteiger partial charge in [0.15, 0.2) is 0 Å². The van der Waals surface area contributed by atoms with E-state index in [9.17, 15) is 8.42 Å². The maximum absolute atomic E-state index is 12.0. The topological polar surface area (TPSA) is 89.3 Å². The highest BCUT2D eigenvalue weighted by Crippen LogP contribution is 2.35. The summed E-state index contributed by atoms with van der Waals surface area (Å²) in [5, 5.41) is 5.54. The number of rotatable bonds is 7. The summed E-state index contributed by atoms with van der Waals surface area (Å²) in [7, 11) is -1.29. The molecular formula is C26H35N5O3S. The molecule has 2 atom stereocenters. The number of anilines is 1. The highest BCUT2D eigenvalue weighted by atomic mass is 32.2. The summed E-state index contributed by atoms with van der Waals surface area (Å²) < 4.78 is 35.2. The number of hydrogen-bond donors (Lipinski definition) is 1. The molecule has 0 bridgehead atoms. The summed E-state index contributed by atoms with van der Waals surface area (Å²) >= 11 is 0. The van der Waals surface area contributed by atoms with Gasteiger partial charge in [-0.3, -0.25) is 4.68 Å². The SMILES string of the molecule is Cn1ncc2ccc(C3CCC(OCC4CN(c5ccccn5)CC[C@@H]4NS(C)(=O)=O)CC3)cc21. The molecule has 8 nitrogen and oxygen atoms in total. The normalized spacial score (nSPS) is 25.7. The van der Waals surface area contributed by atoms with Crippen LogP contribution in [0.5, 0.6) is 0 Å². The first-order valence-corrected chi connectivity index (χ1v) is 14.4. The lowest BCUT2D eigenvalue weighted by atomic mass is 9.82. The van der Waals surface area contributed by atoms with Crippen molar-refractivity contribution in [1.29, 1.82) is 0 Å². The molecule has 9 heteroatoms. The van der Waals surface area contributed by atoms with Crippen LogP contribution in [0.4, 0.5) is 5.82 Å². The van der Waals surface area contributed by atoms with Gasteiger partial charge in [-0.2, -0.15) is 5.10 Å². The van der Waals surface area contributed by atoms with Crippen molar-refractivity contribution in [1.82, 2.24) is 19.5 Å². The van der Waals surface area contributed by atoms with Gasteiger partial charge in [0, 0.05) is 43.7 Å². The molecule has 1 unspecified atom stereocenters. The number of hydrogen-bond acceptors (Lipinski definition) is 6. The maximum Gasteiger partial charge on any atom is 0.208 e. The van der Waals surface area contributed by atoms with Crippen LogP contribution in [0, 0.1) is 5.92 Å². The number of piperidine rings is 1. The molecule has 0 spiro atoms. The Morgan fingerprint density at radius 3 is 2.69 bits per heavy atom. The molecule has 35 heavy (non-hydrogen) atoms. The van der Waals surface area contributed by atoms with Gasteiger partial charge in [-0.25, -0.2) is 18.1 Å². The third-order valence-electron chi connectivity index (χ3n) is 7.54. The lowest BCUT2D eigenvalue weighted by Gasteiger charge is -2.40. The van der Waals surface area contributed by atoms with E-state index in [1.165, 1.54) is 22.7 Å². The van der Waals surface area contributed by atoms with Crippen molar-refractivity contribution < 1.29 is 13.2 Å². The first-order valence-electron chi connectivity index (χ1n) is 12.5. The molecule has 3 heterocycles. The van der Waals surface area contributed by atoms with E-state index in [0.717, 1.165) is 51.0 Å². The minimum atomic E-state index is -3.28. The number of pyridine rings is 1. The van der Waals surface area contributed by atoms with Crippen LogP contribution in [0.25, 0.3) is 10.9 Å². The largest absolute Gasteiger partial charge is 0.378 e. The second-order valence-corrected chi connectivity index (χ2v) is 11.9. The summed E-state index contributed by atoms with van der Waals surface area (Å²) in [6.07, 6.45) is 10.1. The molecule has 0 radical (unpaired) electrons. The molecule has 5 rings (SSSR count). The first-order chi connectivity index (χ1) is 16.9. The van der Waals surface area contributed by atoms with Crippen molar-refractivity contribution in [2.45, 2.75) is 50.2 Å². The Bertz CT molecular complexity index is 1240. The zero-order valence-electron chi connectivity index (χ0n) is 20.5. The monoisotopic (exact) mass is 497 g/mol. The van der Waals surface area contributed by atoms with Crippen LogP contribution in [0.2, 0.25) is 0 Å². The van der Waals surface area contributed by atoms with Gasteiger partial charge in [0.1, 0.15) is 5.82 Å². The summed E-state index contributed by atoms with van der Waals surface area (Å²) in [5.74, 6) is 1.55.